The minimum Gasteiger partial charge on any atom is -0.375 e. The zero-order chi connectivity index (χ0) is 11.7. The largest absolute Gasteiger partial charge is 0.375 e. The summed E-state index contributed by atoms with van der Waals surface area (Å²) in [7, 11) is 1.75. The standard InChI is InChI=1S/C8H12N4S.C2H6/c1-3-6(4-11-10-2)7-5-13-8(9)12-7;1-2/h3-5,10H,1-2H3,(H2,9,12);1-2H3/b6-3+,11-4-;. The van der Waals surface area contributed by atoms with Gasteiger partial charge in [0.05, 0.1) is 11.9 Å². The van der Waals surface area contributed by atoms with Crippen molar-refractivity contribution < 1.29 is 0 Å². The van der Waals surface area contributed by atoms with E-state index < -0.39 is 0 Å². The van der Waals surface area contributed by atoms with Gasteiger partial charge in [-0.2, -0.15) is 5.10 Å². The number of rotatable bonds is 3. The highest BCUT2D eigenvalue weighted by Crippen LogP contribution is 2.17. The topological polar surface area (TPSA) is 63.3 Å². The third-order valence-corrected chi connectivity index (χ3v) is 2.14. The van der Waals surface area contributed by atoms with Crippen LogP contribution in [0.15, 0.2) is 16.6 Å². The van der Waals surface area contributed by atoms with Crippen LogP contribution in [0, 0.1) is 0 Å². The van der Waals surface area contributed by atoms with Gasteiger partial charge in [0.2, 0.25) is 0 Å². The van der Waals surface area contributed by atoms with E-state index in [0.29, 0.717) is 5.13 Å². The number of nitrogens with one attached hydrogen (secondary N) is 1. The maximum absolute atomic E-state index is 5.52. The molecule has 0 saturated heterocycles. The van der Waals surface area contributed by atoms with E-state index in [-0.39, 0.29) is 0 Å². The molecule has 0 unspecified atom stereocenters. The van der Waals surface area contributed by atoms with Crippen molar-refractivity contribution in [3.05, 3.63) is 17.2 Å². The van der Waals surface area contributed by atoms with Crippen molar-refractivity contribution >= 4 is 28.3 Å². The predicted octanol–water partition coefficient (Wildman–Crippen LogP) is 2.36. The van der Waals surface area contributed by atoms with Crippen LogP contribution >= 0.6 is 11.3 Å². The monoisotopic (exact) mass is 226 g/mol. The van der Waals surface area contributed by atoms with Crippen LogP contribution in [-0.2, 0) is 0 Å². The molecule has 0 aliphatic heterocycles. The molecule has 1 aromatic heterocycles. The van der Waals surface area contributed by atoms with Crippen molar-refractivity contribution in [2.75, 3.05) is 12.8 Å². The SMILES string of the molecule is C/C=C(\C=N/NC)c1csc(N)n1.CC. The Balaban J connectivity index is 0.000000921. The number of thiazole rings is 1. The number of hydrogen-bond acceptors (Lipinski definition) is 5. The minimum absolute atomic E-state index is 0.576. The maximum Gasteiger partial charge on any atom is 0.180 e. The highest BCUT2D eigenvalue weighted by Gasteiger charge is 2.01. The molecule has 0 spiro atoms. The van der Waals surface area contributed by atoms with Crippen molar-refractivity contribution in [1.82, 2.24) is 10.4 Å². The first kappa shape index (κ1) is 13.6. The highest BCUT2D eigenvalue weighted by molar-refractivity contribution is 7.13. The van der Waals surface area contributed by atoms with Gasteiger partial charge in [-0.25, -0.2) is 4.98 Å². The summed E-state index contributed by atoms with van der Waals surface area (Å²) in [5, 5.41) is 6.39. The van der Waals surface area contributed by atoms with Gasteiger partial charge in [0.25, 0.3) is 0 Å². The zero-order valence-corrected chi connectivity index (χ0v) is 10.4. The lowest BCUT2D eigenvalue weighted by Crippen LogP contribution is -1.96. The molecule has 1 aromatic rings. The summed E-state index contributed by atoms with van der Waals surface area (Å²) in [6.45, 7) is 5.94. The second kappa shape index (κ2) is 7.99. The number of hydrazone groups is 1. The molecular formula is C10H18N4S. The first-order valence-electron chi connectivity index (χ1n) is 4.85. The van der Waals surface area contributed by atoms with Crippen LogP contribution in [0.2, 0.25) is 0 Å². The summed E-state index contributed by atoms with van der Waals surface area (Å²) in [6, 6.07) is 0. The van der Waals surface area contributed by atoms with Crippen molar-refractivity contribution in [2.45, 2.75) is 20.8 Å². The molecule has 5 heteroatoms. The molecule has 0 radical (unpaired) electrons. The number of allylic oxidation sites excluding steroid dienone is 2. The van der Waals surface area contributed by atoms with E-state index in [1.807, 2.05) is 32.2 Å². The summed E-state index contributed by atoms with van der Waals surface area (Å²) >= 11 is 1.43. The minimum atomic E-state index is 0.576. The average molecular weight is 226 g/mol. The highest BCUT2D eigenvalue weighted by atomic mass is 32.1. The van der Waals surface area contributed by atoms with Gasteiger partial charge < -0.3 is 11.2 Å². The van der Waals surface area contributed by atoms with E-state index >= 15 is 0 Å². The van der Waals surface area contributed by atoms with E-state index in [1.54, 1.807) is 13.3 Å². The fourth-order valence-electron chi connectivity index (χ4n) is 0.843. The lowest BCUT2D eigenvalue weighted by molar-refractivity contribution is 0.909. The molecule has 0 aliphatic rings. The Labute approximate surface area is 94.9 Å². The first-order valence-corrected chi connectivity index (χ1v) is 5.73. The van der Waals surface area contributed by atoms with Crippen LogP contribution in [0.1, 0.15) is 26.5 Å². The molecule has 3 N–H and O–H groups in total. The molecule has 84 valence electrons. The summed E-state index contributed by atoms with van der Waals surface area (Å²) in [6.07, 6.45) is 3.66. The smallest absolute Gasteiger partial charge is 0.180 e. The van der Waals surface area contributed by atoms with Gasteiger partial charge in [0.15, 0.2) is 5.13 Å². The Morgan fingerprint density at radius 1 is 1.60 bits per heavy atom. The number of nitrogens with zero attached hydrogens (tertiary/aromatic N) is 2. The van der Waals surface area contributed by atoms with E-state index in [2.05, 4.69) is 15.5 Å². The molecule has 0 aliphatic carbocycles. The van der Waals surface area contributed by atoms with E-state index in [9.17, 15) is 0 Å². The Kier molecular flexibility index (Phi) is 7.27. The lowest BCUT2D eigenvalue weighted by atomic mass is 10.2. The second-order valence-electron chi connectivity index (χ2n) is 2.30. The van der Waals surface area contributed by atoms with Gasteiger partial charge in [0, 0.05) is 18.0 Å². The Bertz CT molecular complexity index is 328. The predicted molar refractivity (Wildman–Crippen MR) is 69.1 cm³/mol. The normalized spacial score (nSPS) is 11.1. The van der Waals surface area contributed by atoms with Gasteiger partial charge in [-0.1, -0.05) is 19.9 Å². The van der Waals surface area contributed by atoms with Gasteiger partial charge in [-0.15, -0.1) is 11.3 Å². The van der Waals surface area contributed by atoms with Gasteiger partial charge in [-0.3, -0.25) is 0 Å². The molecule has 1 heterocycles. The number of hydrogen-bond donors (Lipinski definition) is 2. The Morgan fingerprint density at radius 2 is 2.27 bits per heavy atom. The number of nitrogen functional groups attached to an aromatic ring is 1. The Hall–Kier alpha value is -1.36. The van der Waals surface area contributed by atoms with Crippen molar-refractivity contribution in [1.29, 1.82) is 0 Å². The number of nitrogens with two attached hydrogens (primary N) is 1. The second-order valence-corrected chi connectivity index (χ2v) is 3.19. The quantitative estimate of drug-likeness (QED) is 0.614. The third kappa shape index (κ3) is 4.60. The molecule has 1 rings (SSSR count). The van der Waals surface area contributed by atoms with Crippen LogP contribution in [0.4, 0.5) is 5.13 Å². The van der Waals surface area contributed by atoms with Crippen LogP contribution in [0.5, 0.6) is 0 Å². The van der Waals surface area contributed by atoms with Gasteiger partial charge >= 0.3 is 0 Å². The van der Waals surface area contributed by atoms with Gasteiger partial charge in [0.1, 0.15) is 0 Å². The number of anilines is 1. The first-order chi connectivity index (χ1) is 7.27. The van der Waals surface area contributed by atoms with Crippen molar-refractivity contribution in [3.8, 4) is 0 Å². The molecule has 4 nitrogen and oxygen atoms in total. The fraction of sp³-hybridized carbons (Fsp3) is 0.400. The van der Waals surface area contributed by atoms with Gasteiger partial charge in [-0.05, 0) is 6.92 Å². The summed E-state index contributed by atoms with van der Waals surface area (Å²) in [5.74, 6) is 0. The van der Waals surface area contributed by atoms with E-state index in [1.165, 1.54) is 11.3 Å². The van der Waals surface area contributed by atoms with Crippen LogP contribution in [0.25, 0.3) is 5.57 Å². The molecule has 0 fully saturated rings. The van der Waals surface area contributed by atoms with Crippen LogP contribution in [0.3, 0.4) is 0 Å². The molecule has 0 saturated carbocycles. The average Bonchev–Trinajstić information content (AvgIpc) is 2.69. The maximum atomic E-state index is 5.52. The summed E-state index contributed by atoms with van der Waals surface area (Å²) < 4.78 is 0. The summed E-state index contributed by atoms with van der Waals surface area (Å²) in [5.41, 5.74) is 10.0. The van der Waals surface area contributed by atoms with E-state index in [0.717, 1.165) is 11.3 Å². The zero-order valence-electron chi connectivity index (χ0n) is 9.61. The number of aromatic nitrogens is 1. The fourth-order valence-corrected chi connectivity index (χ4v) is 1.42. The summed E-state index contributed by atoms with van der Waals surface area (Å²) in [4.78, 5) is 4.14. The molecule has 0 atom stereocenters. The molecule has 0 amide bonds. The molecule has 0 aromatic carbocycles. The lowest BCUT2D eigenvalue weighted by Gasteiger charge is -1.94. The molecule has 15 heavy (non-hydrogen) atoms. The molecule has 0 bridgehead atoms. The van der Waals surface area contributed by atoms with E-state index in [4.69, 9.17) is 5.73 Å². The third-order valence-electron chi connectivity index (χ3n) is 1.46. The van der Waals surface area contributed by atoms with Crippen molar-refractivity contribution in [2.24, 2.45) is 5.10 Å². The van der Waals surface area contributed by atoms with Crippen molar-refractivity contribution in [3.63, 3.8) is 0 Å². The van der Waals surface area contributed by atoms with Crippen LogP contribution in [-0.4, -0.2) is 18.2 Å². The Morgan fingerprint density at radius 3 is 2.67 bits per heavy atom. The van der Waals surface area contributed by atoms with Crippen LogP contribution < -0.4 is 11.2 Å². The molecular weight excluding hydrogens is 208 g/mol.